The molecule has 21 heavy (non-hydrogen) atoms. The molecule has 0 fully saturated rings. The SMILES string of the molecule is Cc1cc(C(=O)Nc2cccc(F)c2C(=O)O)c(C)nn1. The van der Waals surface area contributed by atoms with E-state index in [1.165, 1.54) is 18.2 Å². The zero-order valence-electron chi connectivity index (χ0n) is 11.3. The Morgan fingerprint density at radius 3 is 2.62 bits per heavy atom. The number of carboxylic acid groups (broad SMARTS) is 1. The molecule has 2 rings (SSSR count). The van der Waals surface area contributed by atoms with Gasteiger partial charge in [-0.15, -0.1) is 0 Å². The number of nitrogens with one attached hydrogen (secondary N) is 1. The molecule has 0 atom stereocenters. The zero-order chi connectivity index (χ0) is 15.6. The summed E-state index contributed by atoms with van der Waals surface area (Å²) in [5, 5.41) is 19.0. The molecule has 1 aromatic heterocycles. The molecule has 108 valence electrons. The minimum absolute atomic E-state index is 0.110. The summed E-state index contributed by atoms with van der Waals surface area (Å²) in [6.07, 6.45) is 0. The van der Waals surface area contributed by atoms with Crippen LogP contribution in [0.5, 0.6) is 0 Å². The molecule has 0 saturated heterocycles. The summed E-state index contributed by atoms with van der Waals surface area (Å²) in [4.78, 5) is 23.2. The first-order valence-electron chi connectivity index (χ1n) is 6.04. The van der Waals surface area contributed by atoms with Gasteiger partial charge in [0.2, 0.25) is 0 Å². The van der Waals surface area contributed by atoms with E-state index in [4.69, 9.17) is 5.11 Å². The van der Waals surface area contributed by atoms with Gasteiger partial charge in [-0.2, -0.15) is 10.2 Å². The van der Waals surface area contributed by atoms with E-state index in [1.807, 2.05) is 0 Å². The summed E-state index contributed by atoms with van der Waals surface area (Å²) in [6.45, 7) is 3.28. The third-order valence-electron chi connectivity index (χ3n) is 2.82. The van der Waals surface area contributed by atoms with Gasteiger partial charge in [-0.1, -0.05) is 6.07 Å². The van der Waals surface area contributed by atoms with Crippen LogP contribution in [0.2, 0.25) is 0 Å². The van der Waals surface area contributed by atoms with Crippen molar-refractivity contribution in [1.82, 2.24) is 10.2 Å². The van der Waals surface area contributed by atoms with E-state index < -0.39 is 23.3 Å². The van der Waals surface area contributed by atoms with Gasteiger partial charge in [-0.3, -0.25) is 4.79 Å². The lowest BCUT2D eigenvalue weighted by Crippen LogP contribution is -2.18. The van der Waals surface area contributed by atoms with Crippen LogP contribution in [0, 0.1) is 19.7 Å². The van der Waals surface area contributed by atoms with E-state index in [2.05, 4.69) is 15.5 Å². The molecule has 6 nitrogen and oxygen atoms in total. The summed E-state index contributed by atoms with van der Waals surface area (Å²) < 4.78 is 13.5. The van der Waals surface area contributed by atoms with Crippen LogP contribution in [0.1, 0.15) is 32.1 Å². The van der Waals surface area contributed by atoms with Gasteiger partial charge in [0.25, 0.3) is 5.91 Å². The monoisotopic (exact) mass is 289 g/mol. The minimum atomic E-state index is -1.45. The number of carbonyl (C=O) groups excluding carboxylic acids is 1. The van der Waals surface area contributed by atoms with Crippen molar-refractivity contribution in [1.29, 1.82) is 0 Å². The second-order valence-electron chi connectivity index (χ2n) is 4.41. The van der Waals surface area contributed by atoms with Gasteiger partial charge < -0.3 is 10.4 Å². The molecule has 0 saturated carbocycles. The lowest BCUT2D eigenvalue weighted by Gasteiger charge is -2.10. The van der Waals surface area contributed by atoms with Crippen molar-refractivity contribution in [2.75, 3.05) is 5.32 Å². The number of carbonyl (C=O) groups is 2. The number of anilines is 1. The zero-order valence-corrected chi connectivity index (χ0v) is 11.3. The maximum absolute atomic E-state index is 13.5. The number of hydrogen-bond donors (Lipinski definition) is 2. The van der Waals surface area contributed by atoms with Crippen molar-refractivity contribution in [2.45, 2.75) is 13.8 Å². The summed E-state index contributed by atoms with van der Waals surface area (Å²) >= 11 is 0. The van der Waals surface area contributed by atoms with Crippen LogP contribution in [-0.4, -0.2) is 27.2 Å². The molecule has 7 heteroatoms. The largest absolute Gasteiger partial charge is 0.478 e. The van der Waals surface area contributed by atoms with Gasteiger partial charge in [0.15, 0.2) is 0 Å². The quantitative estimate of drug-likeness (QED) is 0.903. The number of aromatic carboxylic acids is 1. The molecule has 0 bridgehead atoms. The standard InChI is InChI=1S/C14H12FN3O3/c1-7-6-9(8(2)18-17-7)13(19)16-11-5-3-4-10(15)12(11)14(20)21/h3-6H,1-2H3,(H,16,19)(H,20,21). The highest BCUT2D eigenvalue weighted by Gasteiger charge is 2.19. The van der Waals surface area contributed by atoms with E-state index in [0.29, 0.717) is 11.4 Å². The van der Waals surface area contributed by atoms with E-state index in [0.717, 1.165) is 6.07 Å². The van der Waals surface area contributed by atoms with Crippen molar-refractivity contribution in [3.8, 4) is 0 Å². The smallest absolute Gasteiger partial charge is 0.340 e. The minimum Gasteiger partial charge on any atom is -0.478 e. The maximum atomic E-state index is 13.5. The van der Waals surface area contributed by atoms with Crippen molar-refractivity contribution in [2.24, 2.45) is 0 Å². The Hall–Kier alpha value is -2.83. The number of amides is 1. The summed E-state index contributed by atoms with van der Waals surface area (Å²) in [7, 11) is 0. The normalized spacial score (nSPS) is 10.2. The summed E-state index contributed by atoms with van der Waals surface area (Å²) in [5.41, 5.74) is 0.501. The fraction of sp³-hybridized carbons (Fsp3) is 0.143. The number of rotatable bonds is 3. The number of halogens is 1. The van der Waals surface area contributed by atoms with Crippen LogP contribution in [-0.2, 0) is 0 Å². The van der Waals surface area contributed by atoms with Crippen LogP contribution < -0.4 is 5.32 Å². The lowest BCUT2D eigenvalue weighted by atomic mass is 10.1. The van der Waals surface area contributed by atoms with Crippen molar-refractivity contribution >= 4 is 17.6 Å². The topological polar surface area (TPSA) is 92.2 Å². The third-order valence-corrected chi connectivity index (χ3v) is 2.82. The summed E-state index contributed by atoms with van der Waals surface area (Å²) in [5.74, 6) is -2.94. The van der Waals surface area contributed by atoms with E-state index >= 15 is 0 Å². The van der Waals surface area contributed by atoms with Gasteiger partial charge in [-0.05, 0) is 32.0 Å². The maximum Gasteiger partial charge on any atom is 0.340 e. The number of hydrogen-bond acceptors (Lipinski definition) is 4. The first kappa shape index (κ1) is 14.6. The van der Waals surface area contributed by atoms with Crippen LogP contribution >= 0.6 is 0 Å². The van der Waals surface area contributed by atoms with E-state index in [-0.39, 0.29) is 11.3 Å². The predicted molar refractivity (Wildman–Crippen MR) is 72.8 cm³/mol. The average Bonchev–Trinajstić information content (AvgIpc) is 2.41. The lowest BCUT2D eigenvalue weighted by molar-refractivity contribution is 0.0693. The van der Waals surface area contributed by atoms with Crippen molar-refractivity contribution in [3.63, 3.8) is 0 Å². The Morgan fingerprint density at radius 2 is 1.95 bits per heavy atom. The second-order valence-corrected chi connectivity index (χ2v) is 4.41. The van der Waals surface area contributed by atoms with E-state index in [1.54, 1.807) is 13.8 Å². The van der Waals surface area contributed by atoms with E-state index in [9.17, 15) is 14.0 Å². The Kier molecular flexibility index (Phi) is 3.93. The Labute approximate surface area is 119 Å². The number of benzene rings is 1. The molecule has 1 amide bonds. The third kappa shape index (κ3) is 3.02. The van der Waals surface area contributed by atoms with Crippen LogP contribution in [0.15, 0.2) is 24.3 Å². The molecule has 2 aromatic rings. The Bertz CT molecular complexity index is 731. The van der Waals surface area contributed by atoms with Crippen molar-refractivity contribution < 1.29 is 19.1 Å². The van der Waals surface area contributed by atoms with Gasteiger partial charge in [0.05, 0.1) is 22.6 Å². The fourth-order valence-electron chi connectivity index (χ4n) is 1.82. The average molecular weight is 289 g/mol. The fourth-order valence-corrected chi connectivity index (χ4v) is 1.82. The molecule has 0 aliphatic heterocycles. The van der Waals surface area contributed by atoms with Crippen LogP contribution in [0.25, 0.3) is 0 Å². The van der Waals surface area contributed by atoms with Crippen molar-refractivity contribution in [3.05, 3.63) is 52.6 Å². The van der Waals surface area contributed by atoms with Gasteiger partial charge >= 0.3 is 5.97 Å². The molecule has 0 spiro atoms. The van der Waals surface area contributed by atoms with Crippen LogP contribution in [0.4, 0.5) is 10.1 Å². The molecule has 0 aliphatic rings. The Balaban J connectivity index is 2.39. The molecule has 2 N–H and O–H groups in total. The predicted octanol–water partition coefficient (Wildman–Crippen LogP) is 2.18. The molecule has 0 unspecified atom stereocenters. The summed E-state index contributed by atoms with van der Waals surface area (Å²) in [6, 6.07) is 5.18. The first-order valence-corrected chi connectivity index (χ1v) is 6.04. The number of aryl methyl sites for hydroxylation is 2. The molecular weight excluding hydrogens is 277 g/mol. The number of aromatic nitrogens is 2. The van der Waals surface area contributed by atoms with Crippen LogP contribution in [0.3, 0.4) is 0 Å². The number of nitrogens with zero attached hydrogens (tertiary/aromatic N) is 2. The Morgan fingerprint density at radius 1 is 1.24 bits per heavy atom. The highest BCUT2D eigenvalue weighted by molar-refractivity contribution is 6.08. The second kappa shape index (κ2) is 5.66. The number of carboxylic acids is 1. The molecule has 1 heterocycles. The highest BCUT2D eigenvalue weighted by atomic mass is 19.1. The molecule has 1 aromatic carbocycles. The first-order chi connectivity index (χ1) is 9.90. The van der Waals surface area contributed by atoms with Gasteiger partial charge in [0.1, 0.15) is 11.4 Å². The van der Waals surface area contributed by atoms with Gasteiger partial charge in [0, 0.05) is 0 Å². The molecular formula is C14H12FN3O3. The van der Waals surface area contributed by atoms with Gasteiger partial charge in [-0.25, -0.2) is 9.18 Å². The molecule has 0 radical (unpaired) electrons. The molecule has 0 aliphatic carbocycles. The highest BCUT2D eigenvalue weighted by Crippen LogP contribution is 2.20.